The van der Waals surface area contributed by atoms with E-state index in [1.807, 2.05) is 32.3 Å². The highest BCUT2D eigenvalue weighted by Crippen LogP contribution is 2.15. The molecule has 2 heteroatoms. The van der Waals surface area contributed by atoms with Crippen molar-refractivity contribution in [1.29, 1.82) is 0 Å². The summed E-state index contributed by atoms with van der Waals surface area (Å²) in [5.41, 5.74) is 6.74. The molecule has 0 radical (unpaired) electrons. The smallest absolute Gasteiger partial charge is 0.0557 e. The average Bonchev–Trinajstić information content (AvgIpc) is 1.77. The fourth-order valence-corrected chi connectivity index (χ4v) is 0.681. The lowest BCUT2D eigenvalue weighted by atomic mass is 9.94. The first-order valence-corrected chi connectivity index (χ1v) is 3.03. The summed E-state index contributed by atoms with van der Waals surface area (Å²) in [7, 11) is 0. The van der Waals surface area contributed by atoms with Crippen LogP contribution in [-0.2, 0) is 0 Å². The fraction of sp³-hybridized carbons (Fsp3) is 0.429. The van der Waals surface area contributed by atoms with E-state index in [-0.39, 0.29) is 5.54 Å². The van der Waals surface area contributed by atoms with E-state index in [0.29, 0.717) is 0 Å². The second-order valence-corrected chi connectivity index (χ2v) is 2.61. The van der Waals surface area contributed by atoms with Crippen molar-refractivity contribution in [3.8, 4) is 0 Å². The van der Waals surface area contributed by atoms with Crippen molar-refractivity contribution < 1.29 is 0 Å². The Labute approximate surface area is 55.4 Å². The Morgan fingerprint density at radius 2 is 2.33 bits per heavy atom. The van der Waals surface area contributed by atoms with Gasteiger partial charge < -0.3 is 11.1 Å². The van der Waals surface area contributed by atoms with Crippen LogP contribution in [0, 0.1) is 0 Å². The molecule has 1 heterocycles. The van der Waals surface area contributed by atoms with Crippen molar-refractivity contribution in [2.24, 2.45) is 5.73 Å². The van der Waals surface area contributed by atoms with Crippen molar-refractivity contribution in [3.05, 3.63) is 24.0 Å². The van der Waals surface area contributed by atoms with Gasteiger partial charge in [-0.1, -0.05) is 0 Å². The molecule has 0 aliphatic carbocycles. The van der Waals surface area contributed by atoms with E-state index in [0.717, 1.165) is 5.57 Å². The molecule has 0 bridgehead atoms. The van der Waals surface area contributed by atoms with Crippen LogP contribution in [0.2, 0.25) is 0 Å². The number of hydrogen-bond acceptors (Lipinski definition) is 2. The Morgan fingerprint density at radius 3 is 2.67 bits per heavy atom. The van der Waals surface area contributed by atoms with Crippen LogP contribution < -0.4 is 11.1 Å². The molecule has 0 amide bonds. The Balaban J connectivity index is 2.83. The number of dihydropyridines is 1. The number of nitrogens with two attached hydrogens (primary N) is 1. The lowest BCUT2D eigenvalue weighted by Gasteiger charge is -2.24. The standard InChI is InChI=1S/C7H12N2/c1-6-5-9-4-3-7(6,2)8/h3-5,9H,8H2,1-2H3. The lowest BCUT2D eigenvalue weighted by Crippen LogP contribution is -2.37. The minimum atomic E-state index is -0.245. The summed E-state index contributed by atoms with van der Waals surface area (Å²) in [6.45, 7) is 3.99. The Hall–Kier alpha value is -0.760. The van der Waals surface area contributed by atoms with Gasteiger partial charge >= 0.3 is 0 Å². The van der Waals surface area contributed by atoms with E-state index < -0.39 is 0 Å². The maximum absolute atomic E-state index is 5.83. The predicted octanol–water partition coefficient (Wildman–Crippen LogP) is 0.725. The molecule has 0 spiro atoms. The van der Waals surface area contributed by atoms with E-state index in [2.05, 4.69) is 5.32 Å². The van der Waals surface area contributed by atoms with Gasteiger partial charge in [0.25, 0.3) is 0 Å². The highest BCUT2D eigenvalue weighted by atomic mass is 14.9. The molecule has 0 aromatic heterocycles. The molecule has 1 rings (SSSR count). The van der Waals surface area contributed by atoms with Crippen LogP contribution in [0.1, 0.15) is 13.8 Å². The second kappa shape index (κ2) is 1.88. The zero-order valence-electron chi connectivity index (χ0n) is 5.81. The van der Waals surface area contributed by atoms with Gasteiger partial charge in [0.15, 0.2) is 0 Å². The van der Waals surface area contributed by atoms with Gasteiger partial charge in [0.1, 0.15) is 0 Å². The van der Waals surface area contributed by atoms with E-state index >= 15 is 0 Å². The van der Waals surface area contributed by atoms with Crippen LogP contribution in [0.3, 0.4) is 0 Å². The quantitative estimate of drug-likeness (QED) is 0.499. The second-order valence-electron chi connectivity index (χ2n) is 2.61. The minimum Gasteiger partial charge on any atom is -0.368 e. The van der Waals surface area contributed by atoms with Crippen molar-refractivity contribution in [1.82, 2.24) is 5.32 Å². The largest absolute Gasteiger partial charge is 0.368 e. The topological polar surface area (TPSA) is 38.0 Å². The first kappa shape index (κ1) is 6.36. The van der Waals surface area contributed by atoms with Crippen LogP contribution >= 0.6 is 0 Å². The molecule has 0 saturated heterocycles. The molecule has 0 aromatic carbocycles. The molecule has 0 fully saturated rings. The van der Waals surface area contributed by atoms with Crippen LogP contribution in [0.25, 0.3) is 0 Å². The molecule has 1 unspecified atom stereocenters. The maximum atomic E-state index is 5.83. The molecule has 9 heavy (non-hydrogen) atoms. The van der Waals surface area contributed by atoms with Gasteiger partial charge in [0.2, 0.25) is 0 Å². The van der Waals surface area contributed by atoms with Gasteiger partial charge in [0, 0.05) is 6.20 Å². The van der Waals surface area contributed by atoms with Crippen molar-refractivity contribution in [2.75, 3.05) is 0 Å². The third-order valence-electron chi connectivity index (χ3n) is 1.68. The highest BCUT2D eigenvalue weighted by Gasteiger charge is 2.17. The van der Waals surface area contributed by atoms with E-state index in [9.17, 15) is 0 Å². The van der Waals surface area contributed by atoms with Crippen LogP contribution in [0.5, 0.6) is 0 Å². The monoisotopic (exact) mass is 124 g/mol. The predicted molar refractivity (Wildman–Crippen MR) is 38.6 cm³/mol. The van der Waals surface area contributed by atoms with Gasteiger partial charge in [-0.3, -0.25) is 0 Å². The third-order valence-corrected chi connectivity index (χ3v) is 1.68. The number of nitrogens with one attached hydrogen (secondary N) is 1. The van der Waals surface area contributed by atoms with E-state index in [1.54, 1.807) is 0 Å². The summed E-state index contributed by atoms with van der Waals surface area (Å²) >= 11 is 0. The van der Waals surface area contributed by atoms with Gasteiger partial charge in [-0.2, -0.15) is 0 Å². The number of hydrogen-bond donors (Lipinski definition) is 2. The fourth-order valence-electron chi connectivity index (χ4n) is 0.681. The summed E-state index contributed by atoms with van der Waals surface area (Å²) in [4.78, 5) is 0. The first-order chi connectivity index (χ1) is 4.13. The Bertz CT molecular complexity index is 166. The van der Waals surface area contributed by atoms with E-state index in [1.165, 1.54) is 0 Å². The van der Waals surface area contributed by atoms with Crippen molar-refractivity contribution in [2.45, 2.75) is 19.4 Å². The van der Waals surface area contributed by atoms with Crippen LogP contribution in [-0.4, -0.2) is 5.54 Å². The van der Waals surface area contributed by atoms with Gasteiger partial charge in [0.05, 0.1) is 5.54 Å². The van der Waals surface area contributed by atoms with Crippen LogP contribution in [0.15, 0.2) is 24.0 Å². The Kier molecular flexibility index (Phi) is 1.33. The zero-order valence-corrected chi connectivity index (χ0v) is 5.81. The van der Waals surface area contributed by atoms with Gasteiger partial charge in [-0.05, 0) is 31.7 Å². The summed E-state index contributed by atoms with van der Waals surface area (Å²) in [6, 6.07) is 0. The summed E-state index contributed by atoms with van der Waals surface area (Å²) in [5.74, 6) is 0. The zero-order chi connectivity index (χ0) is 6.91. The van der Waals surface area contributed by atoms with Gasteiger partial charge in [-0.25, -0.2) is 0 Å². The molecule has 1 aliphatic rings. The molecule has 0 saturated carbocycles. The maximum Gasteiger partial charge on any atom is 0.0557 e. The minimum absolute atomic E-state index is 0.245. The summed E-state index contributed by atoms with van der Waals surface area (Å²) in [5, 5.41) is 2.97. The summed E-state index contributed by atoms with van der Waals surface area (Å²) in [6.07, 6.45) is 5.72. The molecular weight excluding hydrogens is 112 g/mol. The van der Waals surface area contributed by atoms with Crippen molar-refractivity contribution in [3.63, 3.8) is 0 Å². The average molecular weight is 124 g/mol. The molecule has 3 N–H and O–H groups in total. The molecule has 1 aliphatic heterocycles. The van der Waals surface area contributed by atoms with Crippen molar-refractivity contribution >= 4 is 0 Å². The third kappa shape index (κ3) is 1.13. The van der Waals surface area contributed by atoms with E-state index in [4.69, 9.17) is 5.73 Å². The lowest BCUT2D eigenvalue weighted by molar-refractivity contribution is 0.664. The van der Waals surface area contributed by atoms with Crippen LogP contribution in [0.4, 0.5) is 0 Å². The normalized spacial score (nSPS) is 33.4. The summed E-state index contributed by atoms with van der Waals surface area (Å²) < 4.78 is 0. The first-order valence-electron chi connectivity index (χ1n) is 3.03. The van der Waals surface area contributed by atoms with Gasteiger partial charge in [-0.15, -0.1) is 0 Å². The highest BCUT2D eigenvalue weighted by molar-refractivity contribution is 5.27. The Morgan fingerprint density at radius 1 is 1.67 bits per heavy atom. The molecule has 2 nitrogen and oxygen atoms in total. The molecule has 50 valence electrons. The number of rotatable bonds is 0. The molecule has 0 aromatic rings. The SMILES string of the molecule is CC1=CNC=CC1(C)N. The molecular formula is C7H12N2. The molecule has 1 atom stereocenters.